The van der Waals surface area contributed by atoms with Crippen LogP contribution in [0.4, 0.5) is 0 Å². The number of carboxylic acid groups (broad SMARTS) is 3. The van der Waals surface area contributed by atoms with Gasteiger partial charge in [-0.1, -0.05) is 6.07 Å². The topological polar surface area (TPSA) is 125 Å². The zero-order valence-electron chi connectivity index (χ0n) is 9.32. The molecule has 2 rings (SSSR count). The Bertz CT molecular complexity index is 716. The number of benzene rings is 1. The average Bonchev–Trinajstić information content (AvgIpc) is 2.36. The summed E-state index contributed by atoms with van der Waals surface area (Å²) in [4.78, 5) is 36.5. The van der Waals surface area contributed by atoms with Gasteiger partial charge in [0.05, 0.1) is 16.6 Å². The number of fused-ring (bicyclic) bond motifs is 1. The molecule has 3 N–H and O–H groups in total. The minimum atomic E-state index is -1.38. The summed E-state index contributed by atoms with van der Waals surface area (Å²) in [5.41, 5.74) is -0.775. The normalized spacial score (nSPS) is 10.3. The monoisotopic (exact) mass is 261 g/mol. The van der Waals surface area contributed by atoms with Crippen LogP contribution >= 0.6 is 0 Å². The fourth-order valence-electron chi connectivity index (χ4n) is 1.65. The first-order valence-corrected chi connectivity index (χ1v) is 5.05. The van der Waals surface area contributed by atoms with E-state index in [-0.39, 0.29) is 22.0 Å². The summed E-state index contributed by atoms with van der Waals surface area (Å²) < 4.78 is 0. The molecule has 7 nitrogen and oxygen atoms in total. The molecule has 19 heavy (non-hydrogen) atoms. The summed E-state index contributed by atoms with van der Waals surface area (Å²) in [5.74, 6) is -3.90. The van der Waals surface area contributed by atoms with Crippen LogP contribution in [-0.4, -0.2) is 38.2 Å². The minimum absolute atomic E-state index is 0.0113. The van der Waals surface area contributed by atoms with Gasteiger partial charge in [-0.05, 0) is 18.2 Å². The SMILES string of the molecule is O=C(O)c1ccc2c(C(=O)O)cc(C(=O)O)nc2c1. The molecule has 0 unspecified atom stereocenters. The fraction of sp³-hybridized carbons (Fsp3) is 0. The van der Waals surface area contributed by atoms with Crippen molar-refractivity contribution in [3.63, 3.8) is 0 Å². The lowest BCUT2D eigenvalue weighted by Gasteiger charge is -2.05. The largest absolute Gasteiger partial charge is 0.478 e. The van der Waals surface area contributed by atoms with Crippen LogP contribution in [-0.2, 0) is 0 Å². The van der Waals surface area contributed by atoms with E-state index in [1.165, 1.54) is 12.1 Å². The number of aromatic carboxylic acids is 3. The van der Waals surface area contributed by atoms with E-state index in [1.807, 2.05) is 0 Å². The van der Waals surface area contributed by atoms with Crippen molar-refractivity contribution in [1.82, 2.24) is 4.98 Å². The molecule has 1 heterocycles. The molecule has 0 saturated heterocycles. The number of carboxylic acids is 3. The number of aromatic nitrogens is 1. The highest BCUT2D eigenvalue weighted by atomic mass is 16.4. The standard InChI is InChI=1S/C12H7NO6/c14-10(15)5-1-2-6-7(11(16)17)4-9(12(18)19)13-8(6)3-5/h1-4H,(H,14,15)(H,16,17)(H,18,19). The van der Waals surface area contributed by atoms with E-state index in [2.05, 4.69) is 4.98 Å². The summed E-state index contributed by atoms with van der Waals surface area (Å²) in [6.45, 7) is 0. The van der Waals surface area contributed by atoms with Crippen LogP contribution in [0.15, 0.2) is 24.3 Å². The lowest BCUT2D eigenvalue weighted by molar-refractivity contribution is 0.0682. The lowest BCUT2D eigenvalue weighted by atomic mass is 10.1. The molecule has 0 amide bonds. The molecule has 0 radical (unpaired) electrons. The van der Waals surface area contributed by atoms with Gasteiger partial charge in [0.2, 0.25) is 0 Å². The molecular formula is C12H7NO6. The van der Waals surface area contributed by atoms with Crippen molar-refractivity contribution in [3.05, 3.63) is 41.1 Å². The number of nitrogens with zero attached hydrogens (tertiary/aromatic N) is 1. The molecule has 96 valence electrons. The highest BCUT2D eigenvalue weighted by Gasteiger charge is 2.16. The zero-order chi connectivity index (χ0) is 14.2. The third-order valence-electron chi connectivity index (χ3n) is 2.51. The van der Waals surface area contributed by atoms with E-state index < -0.39 is 23.6 Å². The first-order valence-electron chi connectivity index (χ1n) is 5.05. The Balaban J connectivity index is 2.83. The summed E-state index contributed by atoms with van der Waals surface area (Å²) in [6, 6.07) is 4.60. The van der Waals surface area contributed by atoms with Crippen molar-refractivity contribution in [1.29, 1.82) is 0 Å². The first-order chi connectivity index (χ1) is 8.90. The van der Waals surface area contributed by atoms with Crippen LogP contribution < -0.4 is 0 Å². The quantitative estimate of drug-likeness (QED) is 0.760. The first kappa shape index (κ1) is 12.5. The van der Waals surface area contributed by atoms with Crippen molar-refractivity contribution in [2.75, 3.05) is 0 Å². The molecule has 0 saturated carbocycles. The predicted octanol–water partition coefficient (Wildman–Crippen LogP) is 1.33. The second-order valence-electron chi connectivity index (χ2n) is 3.70. The second kappa shape index (κ2) is 4.37. The zero-order valence-corrected chi connectivity index (χ0v) is 9.32. The molecule has 0 aliphatic heterocycles. The Morgan fingerprint density at radius 2 is 1.58 bits per heavy atom. The van der Waals surface area contributed by atoms with Crippen LogP contribution in [0.1, 0.15) is 31.2 Å². The molecule has 0 aliphatic carbocycles. The number of rotatable bonds is 3. The Morgan fingerprint density at radius 1 is 0.895 bits per heavy atom. The van der Waals surface area contributed by atoms with Crippen molar-refractivity contribution >= 4 is 28.8 Å². The average molecular weight is 261 g/mol. The van der Waals surface area contributed by atoms with E-state index >= 15 is 0 Å². The highest BCUT2D eigenvalue weighted by molar-refractivity contribution is 6.06. The van der Waals surface area contributed by atoms with Gasteiger partial charge in [0, 0.05) is 5.39 Å². The lowest BCUT2D eigenvalue weighted by Crippen LogP contribution is -2.07. The molecule has 7 heteroatoms. The van der Waals surface area contributed by atoms with Crippen LogP contribution in [0.5, 0.6) is 0 Å². The van der Waals surface area contributed by atoms with Crippen LogP contribution in [0.3, 0.4) is 0 Å². The summed E-state index contributed by atoms with van der Waals surface area (Å²) in [7, 11) is 0. The van der Waals surface area contributed by atoms with Gasteiger partial charge < -0.3 is 15.3 Å². The maximum Gasteiger partial charge on any atom is 0.354 e. The van der Waals surface area contributed by atoms with Gasteiger partial charge in [-0.3, -0.25) is 0 Å². The van der Waals surface area contributed by atoms with Gasteiger partial charge in [0.1, 0.15) is 5.69 Å². The number of pyridine rings is 1. The summed E-state index contributed by atoms with van der Waals surface area (Å²) in [5, 5.41) is 26.9. The Labute approximate surface area is 105 Å². The highest BCUT2D eigenvalue weighted by Crippen LogP contribution is 2.20. The van der Waals surface area contributed by atoms with Crippen molar-refractivity contribution in [2.45, 2.75) is 0 Å². The third-order valence-corrected chi connectivity index (χ3v) is 2.51. The summed E-state index contributed by atoms with van der Waals surface area (Å²) >= 11 is 0. The number of hydrogen-bond donors (Lipinski definition) is 3. The molecule has 0 aliphatic rings. The van der Waals surface area contributed by atoms with Crippen molar-refractivity contribution in [3.8, 4) is 0 Å². The maximum absolute atomic E-state index is 11.1. The van der Waals surface area contributed by atoms with Gasteiger partial charge in [0.15, 0.2) is 0 Å². The van der Waals surface area contributed by atoms with Crippen molar-refractivity contribution < 1.29 is 29.7 Å². The van der Waals surface area contributed by atoms with Crippen LogP contribution in [0.2, 0.25) is 0 Å². The van der Waals surface area contributed by atoms with Gasteiger partial charge in [-0.2, -0.15) is 0 Å². The molecule has 1 aromatic carbocycles. The fourth-order valence-corrected chi connectivity index (χ4v) is 1.65. The smallest absolute Gasteiger partial charge is 0.354 e. The number of carbonyl (C=O) groups is 3. The van der Waals surface area contributed by atoms with Gasteiger partial charge in [-0.15, -0.1) is 0 Å². The third kappa shape index (κ3) is 2.21. The molecule has 0 fully saturated rings. The summed E-state index contributed by atoms with van der Waals surface area (Å²) in [6.07, 6.45) is 0. The van der Waals surface area contributed by atoms with E-state index in [0.29, 0.717) is 0 Å². The molecule has 2 aromatic rings. The van der Waals surface area contributed by atoms with Gasteiger partial charge in [0.25, 0.3) is 0 Å². The number of hydrogen-bond acceptors (Lipinski definition) is 4. The van der Waals surface area contributed by atoms with E-state index in [0.717, 1.165) is 12.1 Å². The molecule has 0 spiro atoms. The van der Waals surface area contributed by atoms with Gasteiger partial charge in [-0.25, -0.2) is 19.4 Å². The molecule has 0 atom stereocenters. The van der Waals surface area contributed by atoms with E-state index in [1.54, 1.807) is 0 Å². The Kier molecular flexibility index (Phi) is 2.88. The molecule has 0 bridgehead atoms. The van der Waals surface area contributed by atoms with Gasteiger partial charge >= 0.3 is 17.9 Å². The van der Waals surface area contributed by atoms with Crippen LogP contribution in [0.25, 0.3) is 10.9 Å². The Morgan fingerprint density at radius 3 is 2.11 bits per heavy atom. The van der Waals surface area contributed by atoms with E-state index in [9.17, 15) is 14.4 Å². The van der Waals surface area contributed by atoms with E-state index in [4.69, 9.17) is 15.3 Å². The maximum atomic E-state index is 11.1. The molecule has 1 aromatic heterocycles. The minimum Gasteiger partial charge on any atom is -0.478 e. The van der Waals surface area contributed by atoms with Crippen molar-refractivity contribution in [2.24, 2.45) is 0 Å². The molecular weight excluding hydrogens is 254 g/mol. The van der Waals surface area contributed by atoms with Crippen LogP contribution in [0, 0.1) is 0 Å². The second-order valence-corrected chi connectivity index (χ2v) is 3.70. The predicted molar refractivity (Wildman–Crippen MR) is 62.6 cm³/mol. The Hall–Kier alpha value is -2.96.